The first-order valence-corrected chi connectivity index (χ1v) is 8.67. The van der Waals surface area contributed by atoms with Crippen LogP contribution in [0.2, 0.25) is 0 Å². The second-order valence-electron chi connectivity index (χ2n) is 6.26. The van der Waals surface area contributed by atoms with Gasteiger partial charge in [0.15, 0.2) is 5.76 Å². The molecule has 0 spiro atoms. The molecule has 0 saturated heterocycles. The van der Waals surface area contributed by atoms with Crippen molar-refractivity contribution in [1.29, 1.82) is 0 Å². The Morgan fingerprint density at radius 1 is 1.23 bits per heavy atom. The van der Waals surface area contributed by atoms with Crippen LogP contribution in [0.15, 0.2) is 48.2 Å². The van der Waals surface area contributed by atoms with Crippen LogP contribution in [0.25, 0.3) is 6.08 Å². The Bertz CT molecular complexity index is 908. The molecule has 1 aliphatic heterocycles. The van der Waals surface area contributed by atoms with E-state index in [4.69, 9.17) is 14.2 Å². The predicted molar refractivity (Wildman–Crippen MR) is 95.3 cm³/mol. The largest absolute Gasteiger partial charge is 0.493 e. The van der Waals surface area contributed by atoms with Crippen molar-refractivity contribution in [3.05, 3.63) is 59.4 Å². The summed E-state index contributed by atoms with van der Waals surface area (Å²) in [6, 6.07) is 12.3. The predicted octanol–water partition coefficient (Wildman–Crippen LogP) is 4.02. The molecule has 26 heavy (non-hydrogen) atoms. The summed E-state index contributed by atoms with van der Waals surface area (Å²) in [6.07, 6.45) is 3.43. The van der Waals surface area contributed by atoms with Gasteiger partial charge in [0.25, 0.3) is 0 Å². The van der Waals surface area contributed by atoms with Crippen molar-refractivity contribution >= 4 is 17.8 Å². The van der Waals surface area contributed by atoms with E-state index in [0.717, 1.165) is 18.4 Å². The highest BCUT2D eigenvalue weighted by Gasteiger charge is 2.33. The molecule has 2 aromatic rings. The summed E-state index contributed by atoms with van der Waals surface area (Å²) < 4.78 is 16.6. The molecule has 0 bridgehead atoms. The van der Waals surface area contributed by atoms with Crippen molar-refractivity contribution in [3.8, 4) is 17.2 Å². The molecule has 2 aliphatic rings. The molecule has 0 aromatic heterocycles. The Morgan fingerprint density at radius 2 is 2.04 bits per heavy atom. The summed E-state index contributed by atoms with van der Waals surface area (Å²) in [5, 5.41) is 0. The quantitative estimate of drug-likeness (QED) is 0.463. The molecule has 1 heterocycles. The maximum atomic E-state index is 12.6. The van der Waals surface area contributed by atoms with E-state index in [1.54, 1.807) is 24.3 Å². The number of esters is 1. The zero-order chi connectivity index (χ0) is 18.1. The first-order chi connectivity index (χ1) is 12.7. The molecule has 0 amide bonds. The van der Waals surface area contributed by atoms with Crippen LogP contribution in [-0.4, -0.2) is 18.4 Å². The molecule has 1 saturated carbocycles. The number of Topliss-reactive ketones (excluding diaryl/α,β-unsaturated/α-hetero) is 1. The SMILES string of the molecule is CCOc1ccccc1C=C1Oc2cc(OC(=O)C3CC3)ccc2C1=O. The fourth-order valence-electron chi connectivity index (χ4n) is 2.78. The lowest BCUT2D eigenvalue weighted by Gasteiger charge is -2.07. The topological polar surface area (TPSA) is 61.8 Å². The van der Waals surface area contributed by atoms with Crippen molar-refractivity contribution in [1.82, 2.24) is 0 Å². The Kier molecular flexibility index (Phi) is 4.21. The highest BCUT2D eigenvalue weighted by atomic mass is 16.5. The number of fused-ring (bicyclic) bond motifs is 1. The van der Waals surface area contributed by atoms with E-state index in [9.17, 15) is 9.59 Å². The smallest absolute Gasteiger partial charge is 0.314 e. The van der Waals surface area contributed by atoms with Crippen molar-refractivity contribution in [3.63, 3.8) is 0 Å². The van der Waals surface area contributed by atoms with Crippen LogP contribution in [0.5, 0.6) is 17.2 Å². The van der Waals surface area contributed by atoms with Gasteiger partial charge in [0, 0.05) is 11.6 Å². The average molecular weight is 350 g/mol. The fourth-order valence-corrected chi connectivity index (χ4v) is 2.78. The van der Waals surface area contributed by atoms with Crippen molar-refractivity contribution in [2.24, 2.45) is 5.92 Å². The molecule has 0 radical (unpaired) electrons. The van der Waals surface area contributed by atoms with E-state index in [1.807, 2.05) is 31.2 Å². The van der Waals surface area contributed by atoms with Crippen molar-refractivity contribution in [2.75, 3.05) is 6.61 Å². The second kappa shape index (κ2) is 6.67. The summed E-state index contributed by atoms with van der Waals surface area (Å²) in [7, 11) is 0. The lowest BCUT2D eigenvalue weighted by molar-refractivity contribution is -0.135. The van der Waals surface area contributed by atoms with Crippen molar-refractivity contribution < 1.29 is 23.8 Å². The molecule has 2 aromatic carbocycles. The Balaban J connectivity index is 1.58. The maximum absolute atomic E-state index is 12.6. The minimum absolute atomic E-state index is 0.0105. The number of para-hydroxylation sites is 1. The van der Waals surface area contributed by atoms with Gasteiger partial charge in [-0.05, 0) is 44.0 Å². The number of carbonyl (C=O) groups excluding carboxylic acids is 2. The van der Waals surface area contributed by atoms with Gasteiger partial charge in [-0.3, -0.25) is 9.59 Å². The van der Waals surface area contributed by atoms with Crippen LogP contribution in [0.3, 0.4) is 0 Å². The normalized spacial score (nSPS) is 17.0. The molecule has 1 aliphatic carbocycles. The van der Waals surface area contributed by atoms with Crippen LogP contribution in [-0.2, 0) is 4.79 Å². The lowest BCUT2D eigenvalue weighted by atomic mass is 10.1. The Hall–Kier alpha value is -3.08. The molecular weight excluding hydrogens is 332 g/mol. The first kappa shape index (κ1) is 16.4. The summed E-state index contributed by atoms with van der Waals surface area (Å²) in [5.41, 5.74) is 1.22. The third-order valence-corrected chi connectivity index (χ3v) is 4.28. The number of benzene rings is 2. The monoisotopic (exact) mass is 350 g/mol. The van der Waals surface area contributed by atoms with Gasteiger partial charge in [-0.25, -0.2) is 0 Å². The first-order valence-electron chi connectivity index (χ1n) is 8.67. The van der Waals surface area contributed by atoms with E-state index >= 15 is 0 Å². The third-order valence-electron chi connectivity index (χ3n) is 4.28. The van der Waals surface area contributed by atoms with Crippen LogP contribution < -0.4 is 14.2 Å². The zero-order valence-electron chi connectivity index (χ0n) is 14.4. The fraction of sp³-hybridized carbons (Fsp3) is 0.238. The van der Waals surface area contributed by atoms with E-state index < -0.39 is 0 Å². The number of allylic oxidation sites excluding steroid dienone is 1. The van der Waals surface area contributed by atoms with E-state index in [2.05, 4.69) is 0 Å². The Labute approximate surface area is 151 Å². The van der Waals surface area contributed by atoms with Gasteiger partial charge in [0.2, 0.25) is 5.78 Å². The second-order valence-corrected chi connectivity index (χ2v) is 6.26. The van der Waals surface area contributed by atoms with E-state index in [-0.39, 0.29) is 23.4 Å². The minimum atomic E-state index is -0.226. The van der Waals surface area contributed by atoms with Crippen LogP contribution in [0.4, 0.5) is 0 Å². The summed E-state index contributed by atoms with van der Waals surface area (Å²) >= 11 is 0. The Morgan fingerprint density at radius 3 is 2.81 bits per heavy atom. The average Bonchev–Trinajstić information content (AvgIpc) is 3.44. The van der Waals surface area contributed by atoms with Crippen LogP contribution >= 0.6 is 0 Å². The van der Waals surface area contributed by atoms with Crippen molar-refractivity contribution in [2.45, 2.75) is 19.8 Å². The molecule has 5 nitrogen and oxygen atoms in total. The van der Waals surface area contributed by atoms with E-state index in [1.165, 1.54) is 0 Å². The van der Waals surface area contributed by atoms with Gasteiger partial charge in [-0.1, -0.05) is 18.2 Å². The number of rotatable bonds is 5. The number of ether oxygens (including phenoxy) is 3. The molecule has 1 fully saturated rings. The van der Waals surface area contributed by atoms with E-state index in [0.29, 0.717) is 29.4 Å². The highest BCUT2D eigenvalue weighted by molar-refractivity contribution is 6.14. The summed E-state index contributed by atoms with van der Waals surface area (Å²) in [6.45, 7) is 2.44. The summed E-state index contributed by atoms with van der Waals surface area (Å²) in [4.78, 5) is 24.4. The highest BCUT2D eigenvalue weighted by Crippen LogP contribution is 2.37. The standard InChI is InChI=1S/C21H18O5/c1-2-24-17-6-4-3-5-14(17)11-19-20(22)16-10-9-15(12-18(16)26-19)25-21(23)13-7-8-13/h3-6,9-13H,2,7-8H2,1H3. The molecule has 132 valence electrons. The van der Waals surface area contributed by atoms with Gasteiger partial charge in [-0.2, -0.15) is 0 Å². The minimum Gasteiger partial charge on any atom is -0.493 e. The van der Waals surface area contributed by atoms with Gasteiger partial charge >= 0.3 is 5.97 Å². The number of carbonyl (C=O) groups is 2. The maximum Gasteiger partial charge on any atom is 0.314 e. The lowest BCUT2D eigenvalue weighted by Crippen LogP contribution is -2.09. The van der Waals surface area contributed by atoms with Crippen LogP contribution in [0.1, 0.15) is 35.7 Å². The van der Waals surface area contributed by atoms with Crippen LogP contribution in [0, 0.1) is 5.92 Å². The van der Waals surface area contributed by atoms with Gasteiger partial charge in [-0.15, -0.1) is 0 Å². The number of ketones is 1. The zero-order valence-corrected chi connectivity index (χ0v) is 14.4. The number of hydrogen-bond donors (Lipinski definition) is 0. The molecule has 0 atom stereocenters. The van der Waals surface area contributed by atoms with Gasteiger partial charge < -0.3 is 14.2 Å². The molecule has 0 N–H and O–H groups in total. The number of hydrogen-bond acceptors (Lipinski definition) is 5. The van der Waals surface area contributed by atoms with Gasteiger partial charge in [0.1, 0.15) is 17.2 Å². The summed E-state index contributed by atoms with van der Waals surface area (Å²) in [5.74, 6) is 1.28. The molecular formula is C21H18O5. The molecule has 4 rings (SSSR count). The third kappa shape index (κ3) is 3.20. The molecule has 5 heteroatoms. The molecule has 0 unspecified atom stereocenters. The van der Waals surface area contributed by atoms with Gasteiger partial charge in [0.05, 0.1) is 18.1 Å².